The summed E-state index contributed by atoms with van der Waals surface area (Å²) < 4.78 is 0. The molecule has 0 heterocycles. The maximum Gasteiger partial charge on any atom is 0.230 e. The molecule has 0 bridgehead atoms. The average Bonchev–Trinajstić information content (AvgIpc) is 2.31. The average molecular weight is 264 g/mol. The molecular formula is C14H20N2OS. The van der Waals surface area contributed by atoms with Crippen molar-refractivity contribution in [3.8, 4) is 0 Å². The molecule has 0 saturated heterocycles. The smallest absolute Gasteiger partial charge is 0.230 e. The fourth-order valence-electron chi connectivity index (χ4n) is 1.51. The molecular weight excluding hydrogens is 244 g/mol. The van der Waals surface area contributed by atoms with Gasteiger partial charge in [0.1, 0.15) is 0 Å². The van der Waals surface area contributed by atoms with Gasteiger partial charge in [0.05, 0.1) is 6.42 Å². The summed E-state index contributed by atoms with van der Waals surface area (Å²) in [6.45, 7) is 6.09. The van der Waals surface area contributed by atoms with Gasteiger partial charge in [-0.25, -0.2) is 0 Å². The Hall–Kier alpha value is -1.42. The highest BCUT2D eigenvalue weighted by molar-refractivity contribution is 7.80. The third-order valence-electron chi connectivity index (χ3n) is 2.86. The van der Waals surface area contributed by atoms with Crippen molar-refractivity contribution in [1.82, 2.24) is 10.6 Å². The van der Waals surface area contributed by atoms with Crippen LogP contribution in [0.1, 0.15) is 31.4 Å². The van der Waals surface area contributed by atoms with Crippen molar-refractivity contribution < 1.29 is 4.79 Å². The van der Waals surface area contributed by atoms with E-state index in [4.69, 9.17) is 12.2 Å². The van der Waals surface area contributed by atoms with Gasteiger partial charge in [-0.3, -0.25) is 4.79 Å². The zero-order valence-corrected chi connectivity index (χ0v) is 11.9. The number of hydrogen-bond donors (Lipinski definition) is 2. The molecule has 1 aromatic carbocycles. The topological polar surface area (TPSA) is 41.1 Å². The Labute approximate surface area is 114 Å². The van der Waals surface area contributed by atoms with Crippen LogP contribution >= 0.6 is 12.2 Å². The van der Waals surface area contributed by atoms with Crippen molar-refractivity contribution in [2.24, 2.45) is 0 Å². The van der Waals surface area contributed by atoms with Crippen molar-refractivity contribution in [3.63, 3.8) is 0 Å². The first-order valence-electron chi connectivity index (χ1n) is 6.17. The van der Waals surface area contributed by atoms with Gasteiger partial charge < -0.3 is 10.6 Å². The lowest BCUT2D eigenvalue weighted by Gasteiger charge is -2.14. The van der Waals surface area contributed by atoms with Crippen molar-refractivity contribution in [2.75, 3.05) is 0 Å². The van der Waals surface area contributed by atoms with E-state index in [1.165, 1.54) is 0 Å². The van der Waals surface area contributed by atoms with Gasteiger partial charge in [-0.05, 0) is 43.6 Å². The minimum atomic E-state index is -0.0786. The number of hydrogen-bond acceptors (Lipinski definition) is 2. The molecule has 1 unspecified atom stereocenters. The highest BCUT2D eigenvalue weighted by Crippen LogP contribution is 2.07. The third-order valence-corrected chi connectivity index (χ3v) is 3.07. The first-order chi connectivity index (χ1) is 8.52. The predicted octanol–water partition coefficient (Wildman–Crippen LogP) is 2.33. The number of thiocarbonyl (C=S) groups is 1. The lowest BCUT2D eigenvalue weighted by molar-refractivity contribution is -0.119. The van der Waals surface area contributed by atoms with E-state index >= 15 is 0 Å². The molecule has 0 saturated carbocycles. The second kappa shape index (κ2) is 7.11. The third kappa shape index (κ3) is 4.84. The van der Waals surface area contributed by atoms with E-state index in [1.54, 1.807) is 0 Å². The summed E-state index contributed by atoms with van der Waals surface area (Å²) in [4.78, 5) is 11.8. The molecule has 1 aromatic rings. The first kappa shape index (κ1) is 14.6. The van der Waals surface area contributed by atoms with E-state index in [0.717, 1.165) is 17.5 Å². The second-order valence-corrected chi connectivity index (χ2v) is 4.84. The number of carbonyl (C=O) groups is 1. The Bertz CT molecular complexity index is 432. The van der Waals surface area contributed by atoms with Gasteiger partial charge in [0.15, 0.2) is 5.11 Å². The summed E-state index contributed by atoms with van der Waals surface area (Å²) >= 11 is 5.08. The summed E-state index contributed by atoms with van der Waals surface area (Å²) in [5.74, 6) is -0.0786. The normalized spacial score (nSPS) is 11.7. The zero-order valence-electron chi connectivity index (χ0n) is 11.1. The summed E-state index contributed by atoms with van der Waals surface area (Å²) in [5, 5.41) is 6.17. The molecule has 1 atom stereocenters. The van der Waals surface area contributed by atoms with E-state index in [-0.39, 0.29) is 11.9 Å². The molecule has 18 heavy (non-hydrogen) atoms. The molecule has 0 fully saturated rings. The molecule has 0 aromatic heterocycles. The van der Waals surface area contributed by atoms with Gasteiger partial charge in [-0.15, -0.1) is 0 Å². The van der Waals surface area contributed by atoms with Crippen LogP contribution in [0, 0.1) is 6.92 Å². The van der Waals surface area contributed by atoms with Crippen molar-refractivity contribution in [1.29, 1.82) is 0 Å². The van der Waals surface area contributed by atoms with Gasteiger partial charge in [0, 0.05) is 6.04 Å². The molecule has 3 nitrogen and oxygen atoms in total. The Morgan fingerprint density at radius 2 is 2.06 bits per heavy atom. The van der Waals surface area contributed by atoms with Crippen LogP contribution < -0.4 is 10.6 Å². The van der Waals surface area contributed by atoms with Crippen LogP contribution in [-0.2, 0) is 11.2 Å². The highest BCUT2D eigenvalue weighted by Gasteiger charge is 2.08. The van der Waals surface area contributed by atoms with Crippen LogP contribution in [0.2, 0.25) is 0 Å². The minimum Gasteiger partial charge on any atom is -0.360 e. The Morgan fingerprint density at radius 3 is 2.67 bits per heavy atom. The molecule has 1 amide bonds. The lowest BCUT2D eigenvalue weighted by Crippen LogP contribution is -2.43. The molecule has 0 spiro atoms. The monoisotopic (exact) mass is 264 g/mol. The molecule has 2 N–H and O–H groups in total. The lowest BCUT2D eigenvalue weighted by atomic mass is 10.1. The Balaban J connectivity index is 2.47. The summed E-state index contributed by atoms with van der Waals surface area (Å²) in [7, 11) is 0. The number of amides is 1. The van der Waals surface area contributed by atoms with E-state index in [9.17, 15) is 4.79 Å². The van der Waals surface area contributed by atoms with Crippen LogP contribution in [0.3, 0.4) is 0 Å². The Kier molecular flexibility index (Phi) is 5.78. The number of carbonyl (C=O) groups excluding carboxylic acids is 1. The maximum atomic E-state index is 11.8. The Morgan fingerprint density at radius 1 is 1.39 bits per heavy atom. The summed E-state index contributed by atoms with van der Waals surface area (Å²) in [5.41, 5.74) is 2.15. The van der Waals surface area contributed by atoms with Gasteiger partial charge >= 0.3 is 0 Å². The van der Waals surface area contributed by atoms with Crippen LogP contribution in [0.5, 0.6) is 0 Å². The van der Waals surface area contributed by atoms with E-state index in [1.807, 2.05) is 38.1 Å². The van der Waals surface area contributed by atoms with Gasteiger partial charge in [-0.1, -0.05) is 31.2 Å². The number of rotatable bonds is 4. The predicted molar refractivity (Wildman–Crippen MR) is 78.5 cm³/mol. The van der Waals surface area contributed by atoms with E-state index in [2.05, 4.69) is 17.6 Å². The van der Waals surface area contributed by atoms with Gasteiger partial charge in [0.2, 0.25) is 5.91 Å². The quantitative estimate of drug-likeness (QED) is 0.820. The summed E-state index contributed by atoms with van der Waals surface area (Å²) in [6, 6.07) is 8.13. The zero-order chi connectivity index (χ0) is 13.5. The fraction of sp³-hybridized carbons (Fsp3) is 0.429. The molecule has 0 aliphatic rings. The second-order valence-electron chi connectivity index (χ2n) is 4.43. The number of benzene rings is 1. The number of nitrogens with one attached hydrogen (secondary N) is 2. The summed E-state index contributed by atoms with van der Waals surface area (Å²) in [6.07, 6.45) is 1.32. The number of aryl methyl sites for hydroxylation is 1. The highest BCUT2D eigenvalue weighted by atomic mass is 32.1. The minimum absolute atomic E-state index is 0.0786. The standard InChI is InChI=1S/C14H20N2OS/c1-4-11(3)15-14(18)16-13(17)9-12-8-6-5-7-10(12)2/h5-8,11H,4,9H2,1-3H3,(H2,15,16,17,18). The molecule has 98 valence electrons. The molecule has 0 aliphatic heterocycles. The van der Waals surface area contributed by atoms with Crippen LogP contribution in [0.25, 0.3) is 0 Å². The van der Waals surface area contributed by atoms with Crippen LogP contribution in [0.15, 0.2) is 24.3 Å². The SMILES string of the molecule is CCC(C)NC(=S)NC(=O)Cc1ccccc1C. The first-order valence-corrected chi connectivity index (χ1v) is 6.58. The van der Waals surface area contributed by atoms with Crippen molar-refractivity contribution in [2.45, 2.75) is 39.7 Å². The van der Waals surface area contributed by atoms with Crippen molar-refractivity contribution >= 4 is 23.2 Å². The van der Waals surface area contributed by atoms with Crippen LogP contribution in [0.4, 0.5) is 0 Å². The largest absolute Gasteiger partial charge is 0.360 e. The van der Waals surface area contributed by atoms with E-state index in [0.29, 0.717) is 11.5 Å². The fourth-order valence-corrected chi connectivity index (χ4v) is 1.83. The van der Waals surface area contributed by atoms with E-state index < -0.39 is 0 Å². The van der Waals surface area contributed by atoms with Crippen molar-refractivity contribution in [3.05, 3.63) is 35.4 Å². The van der Waals surface area contributed by atoms with Gasteiger partial charge in [-0.2, -0.15) is 0 Å². The molecule has 4 heteroatoms. The molecule has 0 radical (unpaired) electrons. The maximum absolute atomic E-state index is 11.8. The van der Waals surface area contributed by atoms with Gasteiger partial charge in [0.25, 0.3) is 0 Å². The molecule has 1 rings (SSSR count). The van der Waals surface area contributed by atoms with Crippen LogP contribution in [-0.4, -0.2) is 17.1 Å². The molecule has 0 aliphatic carbocycles.